The van der Waals surface area contributed by atoms with Crippen molar-refractivity contribution in [2.45, 2.75) is 12.5 Å². The van der Waals surface area contributed by atoms with Crippen LogP contribution in [0.1, 0.15) is 33.9 Å². The lowest BCUT2D eigenvalue weighted by molar-refractivity contribution is 0.767. The van der Waals surface area contributed by atoms with Crippen LogP contribution in [0, 0.1) is 0 Å². The molecule has 1 nitrogen and oxygen atoms in total. The highest BCUT2D eigenvalue weighted by Gasteiger charge is 2.18. The second kappa shape index (κ2) is 10.6. The Morgan fingerprint density at radius 1 is 0.486 bits per heavy atom. The third-order valence-electron chi connectivity index (χ3n) is 6.91. The number of nitrogens with one attached hydrogen (secondary N) is 1. The van der Waals surface area contributed by atoms with Crippen LogP contribution >= 0.6 is 0 Å². The number of dihydropyridines is 1. The zero-order chi connectivity index (χ0) is 24.9. The summed E-state index contributed by atoms with van der Waals surface area (Å²) in [5.41, 5.74) is 11.2. The van der Waals surface area contributed by atoms with E-state index in [1.54, 1.807) is 0 Å². The fourth-order valence-corrected chi connectivity index (χ4v) is 5.01. The van der Waals surface area contributed by atoms with Gasteiger partial charge in [-0.2, -0.15) is 0 Å². The van der Waals surface area contributed by atoms with Gasteiger partial charge < -0.3 is 5.32 Å². The minimum atomic E-state index is 0.106. The molecule has 0 radical (unpaired) electrons. The molecule has 0 amide bonds. The molecule has 178 valence electrons. The lowest BCUT2D eigenvalue weighted by Crippen LogP contribution is -2.21. The molecule has 5 aromatic rings. The average molecular weight is 476 g/mol. The number of rotatable bonds is 6. The second-order valence-electron chi connectivity index (χ2n) is 9.52. The fourth-order valence-electron chi connectivity index (χ4n) is 5.01. The van der Waals surface area contributed by atoms with Crippen molar-refractivity contribution in [1.29, 1.82) is 0 Å². The molecule has 0 fully saturated rings. The van der Waals surface area contributed by atoms with Gasteiger partial charge in [0.25, 0.3) is 0 Å². The van der Waals surface area contributed by atoms with Crippen LogP contribution in [0.4, 0.5) is 0 Å². The maximum Gasteiger partial charge on any atom is 0.0707 e. The van der Waals surface area contributed by atoms with Gasteiger partial charge in [0, 0.05) is 5.70 Å². The molecule has 1 aliphatic heterocycles. The molecule has 0 aromatic heterocycles. The number of hydrogen-bond acceptors (Lipinski definition) is 1. The first kappa shape index (κ1) is 22.8. The second-order valence-corrected chi connectivity index (χ2v) is 9.52. The Labute approximate surface area is 219 Å². The largest absolute Gasteiger partial charge is 0.374 e. The van der Waals surface area contributed by atoms with Gasteiger partial charge in [-0.3, -0.25) is 0 Å². The third kappa shape index (κ3) is 5.32. The minimum Gasteiger partial charge on any atom is -0.374 e. The first-order chi connectivity index (χ1) is 18.3. The normalized spacial score (nSPS) is 14.9. The van der Waals surface area contributed by atoms with E-state index < -0.39 is 0 Å². The van der Waals surface area contributed by atoms with Crippen LogP contribution in [0.5, 0.6) is 0 Å². The van der Waals surface area contributed by atoms with Crippen LogP contribution in [0.15, 0.2) is 152 Å². The molecule has 1 heteroatoms. The van der Waals surface area contributed by atoms with Gasteiger partial charge in [-0.05, 0) is 69.2 Å². The van der Waals surface area contributed by atoms with Gasteiger partial charge in [-0.15, -0.1) is 0 Å². The van der Waals surface area contributed by atoms with Crippen LogP contribution in [0.3, 0.4) is 0 Å². The monoisotopic (exact) mass is 475 g/mol. The molecule has 0 aliphatic carbocycles. The molecule has 0 saturated carbocycles. The topological polar surface area (TPSA) is 12.0 Å². The Morgan fingerprint density at radius 3 is 1.81 bits per heavy atom. The van der Waals surface area contributed by atoms with Gasteiger partial charge in [0.15, 0.2) is 0 Å². The van der Waals surface area contributed by atoms with Gasteiger partial charge in [-0.25, -0.2) is 0 Å². The number of benzene rings is 5. The zero-order valence-corrected chi connectivity index (χ0v) is 20.7. The Hall–Kier alpha value is -4.62. The first-order valence-corrected chi connectivity index (χ1v) is 12.9. The van der Waals surface area contributed by atoms with E-state index in [9.17, 15) is 0 Å². The molecule has 1 unspecified atom stereocenters. The standard InChI is InChI=1S/C36H29N/c1-4-12-27(13-5-1)22-28-14-10-19-31(23-28)32-20-11-21-33(24-32)36-26-34(29-15-6-2-7-16-29)25-35(37-36)30-17-8-3-9-18-30/h1-21,23-26,35,37H,22H2. The molecule has 6 rings (SSSR count). The molecule has 0 saturated heterocycles. The van der Waals surface area contributed by atoms with Gasteiger partial charge >= 0.3 is 0 Å². The highest BCUT2D eigenvalue weighted by atomic mass is 14.9. The molecule has 37 heavy (non-hydrogen) atoms. The predicted octanol–water partition coefficient (Wildman–Crippen LogP) is 8.71. The highest BCUT2D eigenvalue weighted by Crippen LogP contribution is 2.33. The van der Waals surface area contributed by atoms with Crippen LogP contribution in [-0.4, -0.2) is 0 Å². The smallest absolute Gasteiger partial charge is 0.0707 e. The fraction of sp³-hybridized carbons (Fsp3) is 0.0556. The van der Waals surface area contributed by atoms with E-state index in [2.05, 4.69) is 157 Å². The average Bonchev–Trinajstić information content (AvgIpc) is 2.99. The summed E-state index contributed by atoms with van der Waals surface area (Å²) in [6, 6.07) is 49.8. The van der Waals surface area contributed by atoms with Gasteiger partial charge in [0.05, 0.1) is 6.04 Å². The zero-order valence-electron chi connectivity index (χ0n) is 20.7. The Morgan fingerprint density at radius 2 is 1.05 bits per heavy atom. The summed E-state index contributed by atoms with van der Waals surface area (Å²) in [5.74, 6) is 0. The van der Waals surface area contributed by atoms with Crippen LogP contribution < -0.4 is 5.32 Å². The van der Waals surface area contributed by atoms with E-state index >= 15 is 0 Å². The van der Waals surface area contributed by atoms with E-state index in [0.717, 1.165) is 12.1 Å². The molecule has 0 spiro atoms. The highest BCUT2D eigenvalue weighted by molar-refractivity contribution is 5.87. The molecule has 1 heterocycles. The van der Waals surface area contributed by atoms with Crippen molar-refractivity contribution >= 4 is 11.3 Å². The van der Waals surface area contributed by atoms with Crippen molar-refractivity contribution in [3.05, 3.63) is 179 Å². The van der Waals surface area contributed by atoms with Crippen molar-refractivity contribution in [1.82, 2.24) is 5.32 Å². The minimum absolute atomic E-state index is 0.106. The molecular weight excluding hydrogens is 446 g/mol. The summed E-state index contributed by atoms with van der Waals surface area (Å²) < 4.78 is 0. The molecule has 1 atom stereocenters. The maximum absolute atomic E-state index is 3.79. The number of allylic oxidation sites excluding steroid dienone is 2. The van der Waals surface area contributed by atoms with E-state index in [0.29, 0.717) is 0 Å². The SMILES string of the molecule is C1=C(c2ccccc2)C=C(c2cccc(-c3cccc(Cc4ccccc4)c3)c2)NC1c1ccccc1. The summed E-state index contributed by atoms with van der Waals surface area (Å²) >= 11 is 0. The summed E-state index contributed by atoms with van der Waals surface area (Å²) in [7, 11) is 0. The van der Waals surface area contributed by atoms with Crippen molar-refractivity contribution in [2.24, 2.45) is 0 Å². The summed E-state index contributed by atoms with van der Waals surface area (Å²) in [5, 5.41) is 3.79. The molecule has 0 bridgehead atoms. The molecule has 1 N–H and O–H groups in total. The molecule has 1 aliphatic rings. The summed E-state index contributed by atoms with van der Waals surface area (Å²) in [6.07, 6.45) is 5.54. The van der Waals surface area contributed by atoms with Crippen LogP contribution in [-0.2, 0) is 6.42 Å². The van der Waals surface area contributed by atoms with E-state index in [1.807, 2.05) is 0 Å². The Balaban J connectivity index is 1.34. The van der Waals surface area contributed by atoms with Gasteiger partial charge in [-0.1, -0.05) is 133 Å². The van der Waals surface area contributed by atoms with Crippen molar-refractivity contribution in [3.63, 3.8) is 0 Å². The van der Waals surface area contributed by atoms with Crippen molar-refractivity contribution in [3.8, 4) is 11.1 Å². The van der Waals surface area contributed by atoms with E-state index in [4.69, 9.17) is 0 Å². The lowest BCUT2D eigenvalue weighted by atomic mass is 9.92. The van der Waals surface area contributed by atoms with Crippen molar-refractivity contribution in [2.75, 3.05) is 0 Å². The lowest BCUT2D eigenvalue weighted by Gasteiger charge is -2.26. The summed E-state index contributed by atoms with van der Waals surface area (Å²) in [6.45, 7) is 0. The first-order valence-electron chi connectivity index (χ1n) is 12.9. The quantitative estimate of drug-likeness (QED) is 0.259. The predicted molar refractivity (Wildman–Crippen MR) is 156 cm³/mol. The van der Waals surface area contributed by atoms with Gasteiger partial charge in [0.2, 0.25) is 0 Å². The van der Waals surface area contributed by atoms with Gasteiger partial charge in [0.1, 0.15) is 0 Å². The number of hydrogen-bond donors (Lipinski definition) is 1. The van der Waals surface area contributed by atoms with E-state index in [-0.39, 0.29) is 6.04 Å². The molecule has 5 aromatic carbocycles. The third-order valence-corrected chi connectivity index (χ3v) is 6.91. The summed E-state index contributed by atoms with van der Waals surface area (Å²) in [4.78, 5) is 0. The maximum atomic E-state index is 3.79. The Bertz CT molecular complexity index is 1550. The van der Waals surface area contributed by atoms with Crippen LogP contribution in [0.2, 0.25) is 0 Å². The van der Waals surface area contributed by atoms with Crippen LogP contribution in [0.25, 0.3) is 22.4 Å². The molecular formula is C36H29N. The van der Waals surface area contributed by atoms with Crippen molar-refractivity contribution < 1.29 is 0 Å². The van der Waals surface area contributed by atoms with E-state index in [1.165, 1.54) is 44.5 Å². The Kier molecular flexibility index (Phi) is 6.51.